The predicted molar refractivity (Wildman–Crippen MR) is 106 cm³/mol. The highest BCUT2D eigenvalue weighted by Gasteiger charge is 2.39. The lowest BCUT2D eigenvalue weighted by Crippen LogP contribution is -2.53. The molecule has 7 nitrogen and oxygen atoms in total. The molecule has 0 bridgehead atoms. The molecule has 0 radical (unpaired) electrons. The molecule has 0 aromatic heterocycles. The fourth-order valence-corrected chi connectivity index (χ4v) is 3.62. The standard InChI is InChI=1S/C22H22F2N2O5/c23-15-7-4-8-16(24)14(15)12-26-18(9-10-19(26)27)21(29)25-17(20(28)22(30)31)11-13-5-2-1-3-6-13/h1-8,17-18,20,28H,9-12H2,(H,25,29)(H,30,31)/t17?,18-,20?/m1/s1. The molecule has 3 rings (SSSR count). The van der Waals surface area contributed by atoms with Crippen molar-refractivity contribution in [3.8, 4) is 0 Å². The first-order valence-corrected chi connectivity index (χ1v) is 9.75. The Bertz CT molecular complexity index is 949. The molecule has 31 heavy (non-hydrogen) atoms. The van der Waals surface area contributed by atoms with Gasteiger partial charge < -0.3 is 20.4 Å². The maximum Gasteiger partial charge on any atom is 0.334 e. The van der Waals surface area contributed by atoms with Gasteiger partial charge in [-0.3, -0.25) is 9.59 Å². The second-order valence-corrected chi connectivity index (χ2v) is 7.36. The van der Waals surface area contributed by atoms with Gasteiger partial charge in [-0.05, 0) is 30.5 Å². The monoisotopic (exact) mass is 432 g/mol. The van der Waals surface area contributed by atoms with Crippen LogP contribution in [0.4, 0.5) is 8.78 Å². The Balaban J connectivity index is 1.78. The second kappa shape index (κ2) is 9.65. The summed E-state index contributed by atoms with van der Waals surface area (Å²) in [6.45, 7) is -0.430. The fourth-order valence-electron chi connectivity index (χ4n) is 3.62. The first kappa shape index (κ1) is 22.4. The molecule has 2 aromatic carbocycles. The molecule has 3 N–H and O–H groups in total. The molecule has 9 heteroatoms. The summed E-state index contributed by atoms with van der Waals surface area (Å²) < 4.78 is 28.1. The molecule has 2 aromatic rings. The summed E-state index contributed by atoms with van der Waals surface area (Å²) in [4.78, 5) is 37.6. The molecule has 2 unspecified atom stereocenters. The summed E-state index contributed by atoms with van der Waals surface area (Å²) in [6, 6.07) is 9.82. The van der Waals surface area contributed by atoms with Crippen LogP contribution in [-0.2, 0) is 27.3 Å². The van der Waals surface area contributed by atoms with Gasteiger partial charge in [0, 0.05) is 12.0 Å². The van der Waals surface area contributed by atoms with Gasteiger partial charge in [-0.1, -0.05) is 36.4 Å². The summed E-state index contributed by atoms with van der Waals surface area (Å²) >= 11 is 0. The van der Waals surface area contributed by atoms with E-state index in [-0.39, 0.29) is 24.8 Å². The number of likely N-dealkylation sites (tertiary alicyclic amines) is 1. The fraction of sp³-hybridized carbons (Fsp3) is 0.318. The molecule has 2 amide bonds. The molecule has 1 fully saturated rings. The van der Waals surface area contributed by atoms with Gasteiger partial charge in [-0.15, -0.1) is 0 Å². The molecule has 3 atom stereocenters. The molecule has 0 saturated carbocycles. The predicted octanol–water partition coefficient (Wildman–Crippen LogP) is 1.63. The van der Waals surface area contributed by atoms with Crippen LogP contribution in [0.3, 0.4) is 0 Å². The van der Waals surface area contributed by atoms with Crippen molar-refractivity contribution >= 4 is 17.8 Å². The lowest BCUT2D eigenvalue weighted by molar-refractivity contribution is -0.149. The highest BCUT2D eigenvalue weighted by atomic mass is 19.1. The van der Waals surface area contributed by atoms with Crippen LogP contribution in [0.2, 0.25) is 0 Å². The minimum absolute atomic E-state index is 0.0129. The smallest absolute Gasteiger partial charge is 0.334 e. The number of carboxylic acids is 1. The maximum atomic E-state index is 14.0. The van der Waals surface area contributed by atoms with E-state index in [4.69, 9.17) is 0 Å². The van der Waals surface area contributed by atoms with Crippen LogP contribution in [0, 0.1) is 11.6 Å². The number of rotatable bonds is 8. The molecular weight excluding hydrogens is 410 g/mol. The number of nitrogens with one attached hydrogen (secondary N) is 1. The van der Waals surface area contributed by atoms with Crippen molar-refractivity contribution in [2.24, 2.45) is 0 Å². The molecular formula is C22H22F2N2O5. The molecule has 1 saturated heterocycles. The number of aliphatic carboxylic acids is 1. The third-order valence-electron chi connectivity index (χ3n) is 5.28. The molecule has 164 valence electrons. The number of hydrogen-bond donors (Lipinski definition) is 3. The van der Waals surface area contributed by atoms with Gasteiger partial charge in [0.05, 0.1) is 12.6 Å². The first-order valence-electron chi connectivity index (χ1n) is 9.75. The Morgan fingerprint density at radius 2 is 1.74 bits per heavy atom. The summed E-state index contributed by atoms with van der Waals surface area (Å²) in [6.07, 6.45) is -1.71. The van der Waals surface area contributed by atoms with Crippen molar-refractivity contribution in [3.63, 3.8) is 0 Å². The Morgan fingerprint density at radius 3 is 2.35 bits per heavy atom. The van der Waals surface area contributed by atoms with Gasteiger partial charge in [0.2, 0.25) is 11.8 Å². The Labute approximate surface area is 177 Å². The zero-order valence-corrected chi connectivity index (χ0v) is 16.5. The second-order valence-electron chi connectivity index (χ2n) is 7.36. The normalized spacial score (nSPS) is 18.0. The number of hydrogen-bond acceptors (Lipinski definition) is 4. The Hall–Kier alpha value is -3.33. The largest absolute Gasteiger partial charge is 0.479 e. The van der Waals surface area contributed by atoms with Crippen LogP contribution < -0.4 is 5.32 Å². The van der Waals surface area contributed by atoms with Crippen molar-refractivity contribution in [3.05, 3.63) is 71.3 Å². The highest BCUT2D eigenvalue weighted by molar-refractivity contribution is 5.91. The summed E-state index contributed by atoms with van der Waals surface area (Å²) in [5.41, 5.74) is 0.364. The number of amides is 2. The lowest BCUT2D eigenvalue weighted by atomic mass is 10.0. The van der Waals surface area contributed by atoms with E-state index in [1.54, 1.807) is 30.3 Å². The van der Waals surface area contributed by atoms with Crippen molar-refractivity contribution in [2.75, 3.05) is 0 Å². The minimum atomic E-state index is -1.88. The van der Waals surface area contributed by atoms with Crippen LogP contribution in [0.5, 0.6) is 0 Å². The first-order chi connectivity index (χ1) is 14.8. The van der Waals surface area contributed by atoms with Crippen molar-refractivity contribution in [1.82, 2.24) is 10.2 Å². The summed E-state index contributed by atoms with van der Waals surface area (Å²) in [5.74, 6) is -4.30. The molecule has 1 heterocycles. The minimum Gasteiger partial charge on any atom is -0.479 e. The zero-order valence-electron chi connectivity index (χ0n) is 16.5. The van der Waals surface area contributed by atoms with E-state index in [1.165, 1.54) is 6.07 Å². The zero-order chi connectivity index (χ0) is 22.5. The van der Waals surface area contributed by atoms with E-state index in [0.29, 0.717) is 5.56 Å². The van der Waals surface area contributed by atoms with Crippen molar-refractivity contribution in [1.29, 1.82) is 0 Å². The summed E-state index contributed by atoms with van der Waals surface area (Å²) in [5, 5.41) is 21.8. The Kier molecular flexibility index (Phi) is 6.96. The Morgan fingerprint density at radius 1 is 1.10 bits per heavy atom. The van der Waals surface area contributed by atoms with E-state index in [2.05, 4.69) is 5.32 Å². The van der Waals surface area contributed by atoms with Crippen LogP contribution in [0.1, 0.15) is 24.0 Å². The number of nitrogens with zero attached hydrogens (tertiary/aromatic N) is 1. The van der Waals surface area contributed by atoms with Gasteiger partial charge in [-0.25, -0.2) is 13.6 Å². The van der Waals surface area contributed by atoms with Crippen molar-refractivity contribution < 1.29 is 33.4 Å². The quantitative estimate of drug-likeness (QED) is 0.588. The molecule has 0 aliphatic carbocycles. The third kappa shape index (κ3) is 5.24. The molecule has 1 aliphatic rings. The number of halogens is 2. The van der Waals surface area contributed by atoms with Gasteiger partial charge >= 0.3 is 5.97 Å². The number of aliphatic hydroxyl groups excluding tert-OH is 1. The van der Waals surface area contributed by atoms with Crippen LogP contribution >= 0.6 is 0 Å². The summed E-state index contributed by atoms with van der Waals surface area (Å²) in [7, 11) is 0. The number of carbonyl (C=O) groups is 3. The molecule has 0 spiro atoms. The van der Waals surface area contributed by atoms with Gasteiger partial charge in [0.15, 0.2) is 6.10 Å². The van der Waals surface area contributed by atoms with E-state index in [0.717, 1.165) is 17.0 Å². The number of carbonyl (C=O) groups excluding carboxylic acids is 2. The average molecular weight is 432 g/mol. The lowest BCUT2D eigenvalue weighted by Gasteiger charge is -2.28. The topological polar surface area (TPSA) is 107 Å². The maximum absolute atomic E-state index is 14.0. The van der Waals surface area contributed by atoms with Gasteiger partial charge in [0.1, 0.15) is 17.7 Å². The van der Waals surface area contributed by atoms with Crippen LogP contribution in [0.15, 0.2) is 48.5 Å². The number of aliphatic hydroxyl groups is 1. The molecule has 1 aliphatic heterocycles. The van der Waals surface area contributed by atoms with E-state index < -0.39 is 54.2 Å². The van der Waals surface area contributed by atoms with Crippen LogP contribution in [-0.4, -0.2) is 51.1 Å². The number of carboxylic acid groups (broad SMARTS) is 1. The van der Waals surface area contributed by atoms with Crippen LogP contribution in [0.25, 0.3) is 0 Å². The SMILES string of the molecule is O=C(O)C(O)C(Cc1ccccc1)NC(=O)[C@H]1CCC(=O)N1Cc1c(F)cccc1F. The van der Waals surface area contributed by atoms with Gasteiger partial charge in [0.25, 0.3) is 0 Å². The number of benzene rings is 2. The van der Waals surface area contributed by atoms with Gasteiger partial charge in [-0.2, -0.15) is 0 Å². The average Bonchev–Trinajstić information content (AvgIpc) is 3.10. The van der Waals surface area contributed by atoms with E-state index in [1.807, 2.05) is 0 Å². The van der Waals surface area contributed by atoms with E-state index >= 15 is 0 Å². The highest BCUT2D eigenvalue weighted by Crippen LogP contribution is 2.24. The van der Waals surface area contributed by atoms with E-state index in [9.17, 15) is 33.4 Å². The third-order valence-corrected chi connectivity index (χ3v) is 5.28. The van der Waals surface area contributed by atoms with Crippen molar-refractivity contribution in [2.45, 2.75) is 44.0 Å².